The number of rotatable bonds is 6. The molecule has 2 aromatic rings. The van der Waals surface area contributed by atoms with E-state index in [2.05, 4.69) is 15.4 Å². The van der Waals surface area contributed by atoms with Crippen LogP contribution in [0.15, 0.2) is 27.0 Å². The minimum atomic E-state index is -2.33. The molecule has 1 atom stereocenters. The fourth-order valence-corrected chi connectivity index (χ4v) is 4.89. The minimum Gasteiger partial charge on any atom is -0.385 e. The first-order chi connectivity index (χ1) is 13.4. The van der Waals surface area contributed by atoms with Gasteiger partial charge >= 0.3 is 0 Å². The van der Waals surface area contributed by atoms with Gasteiger partial charge in [0.05, 0.1) is 39.1 Å². The molecule has 0 spiro atoms. The van der Waals surface area contributed by atoms with E-state index in [1.54, 1.807) is 13.8 Å². The van der Waals surface area contributed by atoms with E-state index in [9.17, 15) is 19.4 Å². The Balaban J connectivity index is 2.39. The molecule has 156 valence electrons. The van der Waals surface area contributed by atoms with Gasteiger partial charge in [-0.3, -0.25) is 4.79 Å². The highest BCUT2D eigenvalue weighted by molar-refractivity contribution is 7.77. The lowest BCUT2D eigenvalue weighted by atomic mass is 9.85. The quantitative estimate of drug-likeness (QED) is 0.662. The minimum absolute atomic E-state index is 0.0253. The molecule has 0 aliphatic heterocycles. The SMILES string of the molecule is CC(C)c1cc(C#N)cc(C(C)C)c1CC(=O)N=[SH](=O)c1ncc(C(C)(C)O)s1. The van der Waals surface area contributed by atoms with Crippen molar-refractivity contribution in [1.29, 1.82) is 5.26 Å². The molecule has 1 heterocycles. The lowest BCUT2D eigenvalue weighted by molar-refractivity contribution is -0.117. The summed E-state index contributed by atoms with van der Waals surface area (Å²) in [4.78, 5) is 17.2. The third kappa shape index (κ3) is 5.72. The fraction of sp³-hybridized carbons (Fsp3) is 0.476. The smallest absolute Gasteiger partial charge is 0.258 e. The molecule has 1 aromatic carbocycles. The van der Waals surface area contributed by atoms with Gasteiger partial charge in [0, 0.05) is 6.20 Å². The third-order valence-electron chi connectivity index (χ3n) is 4.48. The molecule has 1 aromatic heterocycles. The molecule has 0 saturated heterocycles. The van der Waals surface area contributed by atoms with E-state index >= 15 is 0 Å². The second kappa shape index (κ2) is 9.16. The number of carbonyl (C=O) groups is 1. The van der Waals surface area contributed by atoms with Crippen LogP contribution in [-0.2, 0) is 27.4 Å². The maximum absolute atomic E-state index is 12.6. The monoisotopic (exact) mass is 433 g/mol. The summed E-state index contributed by atoms with van der Waals surface area (Å²) >= 11 is 1.09. The molecule has 6 nitrogen and oxygen atoms in total. The summed E-state index contributed by atoms with van der Waals surface area (Å²) in [6.45, 7) is 11.3. The molecule has 0 fully saturated rings. The van der Waals surface area contributed by atoms with Crippen LogP contribution >= 0.6 is 11.3 Å². The van der Waals surface area contributed by atoms with Crippen molar-refractivity contribution >= 4 is 27.8 Å². The second-order valence-electron chi connectivity index (χ2n) is 8.06. The largest absolute Gasteiger partial charge is 0.385 e. The third-order valence-corrected chi connectivity index (χ3v) is 7.19. The van der Waals surface area contributed by atoms with Gasteiger partial charge in [0.1, 0.15) is 0 Å². The number of aromatic nitrogens is 1. The van der Waals surface area contributed by atoms with Crippen LogP contribution in [0.3, 0.4) is 0 Å². The van der Waals surface area contributed by atoms with Crippen LogP contribution in [0, 0.1) is 11.3 Å². The fourth-order valence-electron chi connectivity index (χ4n) is 2.98. The van der Waals surface area contributed by atoms with Gasteiger partial charge in [-0.25, -0.2) is 9.19 Å². The zero-order valence-electron chi connectivity index (χ0n) is 17.6. The first-order valence-electron chi connectivity index (χ1n) is 9.41. The Kier molecular flexibility index (Phi) is 7.33. The molecule has 0 bridgehead atoms. The summed E-state index contributed by atoms with van der Waals surface area (Å²) in [6.07, 6.45) is 1.49. The van der Waals surface area contributed by atoms with E-state index in [4.69, 9.17) is 0 Å². The lowest BCUT2D eigenvalue weighted by Gasteiger charge is -2.19. The van der Waals surface area contributed by atoms with Crippen molar-refractivity contribution in [3.63, 3.8) is 0 Å². The summed E-state index contributed by atoms with van der Waals surface area (Å²) in [6, 6.07) is 5.81. The Hall–Kier alpha value is -2.08. The highest BCUT2D eigenvalue weighted by Gasteiger charge is 2.21. The summed E-state index contributed by atoms with van der Waals surface area (Å²) in [5.74, 6) is -0.226. The summed E-state index contributed by atoms with van der Waals surface area (Å²) in [7, 11) is -2.33. The first-order valence-corrected chi connectivity index (χ1v) is 11.4. The average molecular weight is 434 g/mol. The normalized spacial score (nSPS) is 13.1. The zero-order chi connectivity index (χ0) is 21.9. The van der Waals surface area contributed by atoms with E-state index in [0.29, 0.717) is 10.4 Å². The van der Waals surface area contributed by atoms with Gasteiger partial charge in [-0.15, -0.1) is 11.3 Å². The molecular weight excluding hydrogens is 406 g/mol. The second-order valence-corrected chi connectivity index (χ2v) is 10.6. The summed E-state index contributed by atoms with van der Waals surface area (Å²) < 4.78 is 16.6. The van der Waals surface area contributed by atoms with Crippen LogP contribution in [0.25, 0.3) is 0 Å². The Morgan fingerprint density at radius 3 is 2.24 bits per heavy atom. The molecular formula is C21H27N3O3S2. The van der Waals surface area contributed by atoms with E-state index in [-0.39, 0.29) is 22.6 Å². The number of nitriles is 1. The number of carbonyl (C=O) groups excluding carboxylic acids is 1. The van der Waals surface area contributed by atoms with Crippen LogP contribution < -0.4 is 0 Å². The predicted molar refractivity (Wildman–Crippen MR) is 116 cm³/mol. The van der Waals surface area contributed by atoms with Crippen molar-refractivity contribution < 1.29 is 14.1 Å². The Morgan fingerprint density at radius 1 is 1.28 bits per heavy atom. The van der Waals surface area contributed by atoms with Gasteiger partial charge < -0.3 is 5.11 Å². The Morgan fingerprint density at radius 2 is 1.83 bits per heavy atom. The maximum atomic E-state index is 12.6. The number of hydrogen-bond acceptors (Lipinski definition) is 6. The van der Waals surface area contributed by atoms with Crippen molar-refractivity contribution in [2.75, 3.05) is 0 Å². The number of hydrogen-bond donors (Lipinski definition) is 2. The van der Waals surface area contributed by atoms with Gasteiger partial charge in [0.15, 0.2) is 4.34 Å². The van der Waals surface area contributed by atoms with Crippen LogP contribution in [0.2, 0.25) is 0 Å². The number of thiol groups is 1. The van der Waals surface area contributed by atoms with Gasteiger partial charge in [0.25, 0.3) is 5.91 Å². The standard InChI is InChI=1S/C21H27N3O3S2/c1-12(2)15-7-14(10-22)8-16(13(3)4)17(15)9-19(25)24-29(27)20-23-11-18(28-20)21(5,6)26/h7-8,11-13,26,29H,9H2,1-6H3. The molecule has 0 radical (unpaired) electrons. The van der Waals surface area contributed by atoms with E-state index in [0.717, 1.165) is 28.0 Å². The maximum Gasteiger partial charge on any atom is 0.258 e. The Labute approximate surface area is 177 Å². The molecule has 0 saturated carbocycles. The number of thiazole rings is 1. The zero-order valence-corrected chi connectivity index (χ0v) is 19.3. The highest BCUT2D eigenvalue weighted by atomic mass is 32.2. The van der Waals surface area contributed by atoms with Crippen LogP contribution in [-0.4, -0.2) is 20.2 Å². The molecule has 0 aliphatic carbocycles. The van der Waals surface area contributed by atoms with Crippen LogP contribution in [0.5, 0.6) is 0 Å². The molecule has 1 amide bonds. The van der Waals surface area contributed by atoms with Gasteiger partial charge in [-0.05, 0) is 54.5 Å². The van der Waals surface area contributed by atoms with Crippen LogP contribution in [0.1, 0.15) is 80.5 Å². The van der Waals surface area contributed by atoms with E-state index in [1.165, 1.54) is 6.20 Å². The topological polar surface area (TPSA) is 103 Å². The predicted octanol–water partition coefficient (Wildman–Crippen LogP) is 4.28. The van der Waals surface area contributed by atoms with Crippen molar-refractivity contribution in [2.45, 2.75) is 69.7 Å². The lowest BCUT2D eigenvalue weighted by Crippen LogP contribution is -2.12. The van der Waals surface area contributed by atoms with Crippen molar-refractivity contribution in [2.24, 2.45) is 4.36 Å². The molecule has 8 heteroatoms. The van der Waals surface area contributed by atoms with Crippen molar-refractivity contribution in [3.05, 3.63) is 45.5 Å². The molecule has 1 unspecified atom stereocenters. The number of amides is 1. The molecule has 0 aliphatic rings. The highest BCUT2D eigenvalue weighted by Crippen LogP contribution is 2.30. The van der Waals surface area contributed by atoms with Crippen LogP contribution in [0.4, 0.5) is 0 Å². The molecule has 1 N–H and O–H groups in total. The van der Waals surface area contributed by atoms with Gasteiger partial charge in [-0.1, -0.05) is 27.7 Å². The van der Waals surface area contributed by atoms with Crippen molar-refractivity contribution in [1.82, 2.24) is 4.98 Å². The summed E-state index contributed by atoms with van der Waals surface area (Å²) in [5, 5.41) is 19.4. The number of aliphatic hydroxyl groups is 1. The van der Waals surface area contributed by atoms with Gasteiger partial charge in [0.2, 0.25) is 0 Å². The first kappa shape index (κ1) is 23.2. The van der Waals surface area contributed by atoms with Gasteiger partial charge in [-0.2, -0.15) is 9.62 Å². The number of nitrogens with zero attached hydrogens (tertiary/aromatic N) is 3. The average Bonchev–Trinajstić information content (AvgIpc) is 3.11. The Bertz CT molecular complexity index is 1010. The van der Waals surface area contributed by atoms with E-state index in [1.807, 2.05) is 39.8 Å². The molecule has 29 heavy (non-hydrogen) atoms. The molecule has 2 rings (SSSR count). The van der Waals surface area contributed by atoms with E-state index < -0.39 is 22.1 Å². The number of benzene rings is 1. The summed E-state index contributed by atoms with van der Waals surface area (Å²) in [5.41, 5.74) is 2.20. The van der Waals surface area contributed by atoms with Crippen molar-refractivity contribution in [3.8, 4) is 6.07 Å².